The van der Waals surface area contributed by atoms with Gasteiger partial charge in [-0.25, -0.2) is 0 Å². The Hall–Kier alpha value is -6.59. The summed E-state index contributed by atoms with van der Waals surface area (Å²) in [6.45, 7) is 0. The van der Waals surface area contributed by atoms with E-state index in [-0.39, 0.29) is 0 Å². The molecule has 0 bridgehead atoms. The van der Waals surface area contributed by atoms with Crippen molar-refractivity contribution in [3.63, 3.8) is 0 Å². The maximum Gasteiger partial charge on any atom is 0.179 e. The second kappa shape index (κ2) is 14.0. The first kappa shape index (κ1) is 33.0. The topological polar surface area (TPSA) is 16.1 Å². The smallest absolute Gasteiger partial charge is 0.179 e. The van der Waals surface area contributed by atoms with Crippen LogP contribution < -0.4 is 25.6 Å². The number of fused-ring (bicyclic) bond motifs is 5. The highest BCUT2D eigenvalue weighted by atomic mass is 32.1. The third-order valence-electron chi connectivity index (χ3n) is 10.9. The number of anilines is 3. The van der Waals surface area contributed by atoms with Crippen molar-refractivity contribution in [2.24, 2.45) is 0 Å². The molecule has 0 fully saturated rings. The van der Waals surface area contributed by atoms with E-state index in [9.17, 15) is 0 Å². The second-order valence-corrected chi connectivity index (χ2v) is 18.8. The van der Waals surface area contributed by atoms with Crippen LogP contribution in [0.4, 0.5) is 17.1 Å². The molecule has 8 aromatic carbocycles. The average Bonchev–Trinajstić information content (AvgIpc) is 3.66. The molecule has 0 atom stereocenters. The summed E-state index contributed by atoms with van der Waals surface area (Å²) in [4.78, 5) is 7.39. The molecule has 0 spiro atoms. The van der Waals surface area contributed by atoms with E-state index < -0.39 is 8.07 Å². The number of rotatable bonds is 8. The molecule has 0 radical (unpaired) electrons. The Morgan fingerprint density at radius 1 is 0.400 bits per heavy atom. The Bertz CT molecular complexity index is 2800. The number of hydrogen-bond donors (Lipinski definition) is 0. The first-order chi connectivity index (χ1) is 27.3. The summed E-state index contributed by atoms with van der Waals surface area (Å²) in [6.07, 6.45) is 2.04. The van der Waals surface area contributed by atoms with Gasteiger partial charge >= 0.3 is 0 Å². The van der Waals surface area contributed by atoms with Gasteiger partial charge in [0.1, 0.15) is 0 Å². The second-order valence-electron chi connectivity index (χ2n) is 13.9. The van der Waals surface area contributed by atoms with E-state index in [1.54, 1.807) is 0 Å². The van der Waals surface area contributed by atoms with Crippen molar-refractivity contribution in [1.29, 1.82) is 0 Å². The lowest BCUT2D eigenvalue weighted by molar-refractivity contribution is 1.29. The SMILES string of the molecule is c1ccc(-c2ccc(N(c3ccc([Si](c4ccccc4)(c4ccccc4)c4ccccc4)cc3)c3ccc4c(cnc5c6ccccc6sc45)c3)cc2)cc1. The quantitative estimate of drug-likeness (QED) is 0.114. The average molecular weight is 737 g/mol. The predicted molar refractivity (Wildman–Crippen MR) is 238 cm³/mol. The van der Waals surface area contributed by atoms with Crippen LogP contribution in [0.15, 0.2) is 219 Å². The van der Waals surface area contributed by atoms with Gasteiger partial charge in [-0.05, 0) is 74.3 Å². The summed E-state index contributed by atoms with van der Waals surface area (Å²) in [5.74, 6) is 0. The molecule has 4 heteroatoms. The van der Waals surface area contributed by atoms with E-state index in [4.69, 9.17) is 4.98 Å². The Kier molecular flexibility index (Phi) is 8.40. The number of benzene rings is 8. The van der Waals surface area contributed by atoms with Crippen LogP contribution in [0.25, 0.3) is 42.2 Å². The molecule has 0 amide bonds. The third-order valence-corrected chi connectivity index (χ3v) is 16.8. The van der Waals surface area contributed by atoms with Crippen LogP contribution in [0, 0.1) is 0 Å². The highest BCUT2D eigenvalue weighted by Crippen LogP contribution is 2.41. The summed E-state index contributed by atoms with van der Waals surface area (Å²) < 4.78 is 2.50. The molecular weight excluding hydrogens is 701 g/mol. The normalized spacial score (nSPS) is 11.6. The first-order valence-corrected chi connectivity index (χ1v) is 21.5. The lowest BCUT2D eigenvalue weighted by atomic mass is 10.0. The molecule has 0 saturated heterocycles. The van der Waals surface area contributed by atoms with Crippen LogP contribution in [-0.4, -0.2) is 13.1 Å². The molecule has 55 heavy (non-hydrogen) atoms. The number of thiophene rings is 1. The lowest BCUT2D eigenvalue weighted by Crippen LogP contribution is -2.74. The van der Waals surface area contributed by atoms with Crippen molar-refractivity contribution < 1.29 is 0 Å². The molecule has 0 aliphatic carbocycles. The number of nitrogens with zero attached hydrogens (tertiary/aromatic N) is 2. The molecule has 0 unspecified atom stereocenters. The summed E-state index contributed by atoms with van der Waals surface area (Å²) in [5, 5.41) is 9.01. The predicted octanol–water partition coefficient (Wildman–Crippen LogP) is 11.1. The van der Waals surface area contributed by atoms with Crippen molar-refractivity contribution in [2.45, 2.75) is 0 Å². The Morgan fingerprint density at radius 3 is 1.47 bits per heavy atom. The summed E-state index contributed by atoms with van der Waals surface area (Å²) in [5.41, 5.74) is 6.77. The van der Waals surface area contributed by atoms with Gasteiger partial charge in [0, 0.05) is 44.1 Å². The largest absolute Gasteiger partial charge is 0.310 e. The number of pyridine rings is 1. The van der Waals surface area contributed by atoms with Crippen molar-refractivity contribution in [3.05, 3.63) is 219 Å². The minimum atomic E-state index is -2.66. The van der Waals surface area contributed by atoms with Crippen LogP contribution in [0.2, 0.25) is 0 Å². The zero-order valence-electron chi connectivity index (χ0n) is 30.1. The van der Waals surface area contributed by atoms with Gasteiger partial charge in [0.25, 0.3) is 0 Å². The summed E-state index contributed by atoms with van der Waals surface area (Å²) in [6, 6.07) is 77.7. The van der Waals surface area contributed by atoms with E-state index in [1.165, 1.54) is 52.0 Å². The van der Waals surface area contributed by atoms with Crippen LogP contribution in [-0.2, 0) is 0 Å². The molecular formula is C51H36N2SSi. The molecule has 0 aliphatic heterocycles. The van der Waals surface area contributed by atoms with Crippen LogP contribution in [0.3, 0.4) is 0 Å². The summed E-state index contributed by atoms with van der Waals surface area (Å²) in [7, 11) is -2.66. The first-order valence-electron chi connectivity index (χ1n) is 18.7. The van der Waals surface area contributed by atoms with Crippen LogP contribution in [0.1, 0.15) is 0 Å². The molecule has 0 saturated carbocycles. The zero-order valence-corrected chi connectivity index (χ0v) is 31.9. The molecule has 10 rings (SSSR count). The van der Waals surface area contributed by atoms with E-state index in [2.05, 4.69) is 217 Å². The van der Waals surface area contributed by atoms with Crippen molar-refractivity contribution in [2.75, 3.05) is 4.90 Å². The minimum Gasteiger partial charge on any atom is -0.310 e. The molecule has 2 heterocycles. The molecule has 2 nitrogen and oxygen atoms in total. The lowest BCUT2D eigenvalue weighted by Gasteiger charge is -2.35. The standard InChI is InChI=1S/C51H36N2SSi/c1-5-15-37(16-6-1)38-25-27-40(28-26-38)53(42-31-34-47-39(35-42)36-52-50-48-23-13-14-24-49(48)54-51(47)50)41-29-32-46(33-30-41)55(43-17-7-2-8-18-43,44-19-9-3-10-20-44)45-21-11-4-12-22-45/h1-36H. The third kappa shape index (κ3) is 5.75. The van der Waals surface area contributed by atoms with E-state index in [0.717, 1.165) is 28.0 Å². The Morgan fingerprint density at radius 2 is 0.873 bits per heavy atom. The van der Waals surface area contributed by atoms with Gasteiger partial charge in [0.05, 0.1) is 10.2 Å². The van der Waals surface area contributed by atoms with Crippen molar-refractivity contribution >= 4 is 88.3 Å². The van der Waals surface area contributed by atoms with Gasteiger partial charge in [-0.3, -0.25) is 4.98 Å². The molecule has 0 N–H and O–H groups in total. The molecule has 0 aliphatic rings. The van der Waals surface area contributed by atoms with Gasteiger partial charge in [-0.15, -0.1) is 11.3 Å². The number of hydrogen-bond acceptors (Lipinski definition) is 3. The van der Waals surface area contributed by atoms with Crippen molar-refractivity contribution in [3.8, 4) is 11.1 Å². The fourth-order valence-corrected chi connectivity index (χ4v) is 14.2. The number of aromatic nitrogens is 1. The fraction of sp³-hybridized carbons (Fsp3) is 0. The van der Waals surface area contributed by atoms with Crippen LogP contribution >= 0.6 is 11.3 Å². The van der Waals surface area contributed by atoms with Gasteiger partial charge in [-0.1, -0.05) is 170 Å². The summed E-state index contributed by atoms with van der Waals surface area (Å²) >= 11 is 1.82. The maximum atomic E-state index is 5.01. The van der Waals surface area contributed by atoms with E-state index in [0.29, 0.717) is 0 Å². The van der Waals surface area contributed by atoms with Gasteiger partial charge in [0.15, 0.2) is 8.07 Å². The molecule has 2 aromatic heterocycles. The highest BCUT2D eigenvalue weighted by molar-refractivity contribution is 7.26. The van der Waals surface area contributed by atoms with Gasteiger partial charge < -0.3 is 4.90 Å². The van der Waals surface area contributed by atoms with Crippen molar-refractivity contribution in [1.82, 2.24) is 4.98 Å². The van der Waals surface area contributed by atoms with Gasteiger partial charge in [0.2, 0.25) is 0 Å². The van der Waals surface area contributed by atoms with E-state index >= 15 is 0 Å². The fourth-order valence-electron chi connectivity index (χ4n) is 8.29. The van der Waals surface area contributed by atoms with Crippen LogP contribution in [0.5, 0.6) is 0 Å². The monoisotopic (exact) mass is 736 g/mol. The molecule has 10 aromatic rings. The maximum absolute atomic E-state index is 5.01. The minimum absolute atomic E-state index is 1.08. The Balaban J connectivity index is 1.14. The zero-order chi connectivity index (χ0) is 36.6. The van der Waals surface area contributed by atoms with E-state index in [1.807, 2.05) is 17.5 Å². The van der Waals surface area contributed by atoms with Gasteiger partial charge in [-0.2, -0.15) is 0 Å². The Labute approximate surface area is 326 Å². The highest BCUT2D eigenvalue weighted by Gasteiger charge is 2.41. The molecule has 260 valence electrons.